The van der Waals surface area contributed by atoms with Crippen LogP contribution in [0.15, 0.2) is 72.8 Å². The first-order valence-corrected chi connectivity index (χ1v) is 9.04. The Morgan fingerprint density at radius 2 is 1.57 bits per heavy atom. The Balaban J connectivity index is 1.53. The van der Waals surface area contributed by atoms with Crippen molar-refractivity contribution in [1.82, 2.24) is 0 Å². The second-order valence-electron chi connectivity index (χ2n) is 6.16. The maximum atomic E-state index is 12.1. The fourth-order valence-corrected chi connectivity index (χ4v) is 2.62. The molecule has 3 aromatic carbocycles. The molecular weight excluding hydrogens is 376 g/mol. The molecule has 0 saturated carbocycles. The van der Waals surface area contributed by atoms with Crippen molar-refractivity contribution >= 4 is 34.8 Å². The van der Waals surface area contributed by atoms with Gasteiger partial charge in [-0.1, -0.05) is 35.9 Å². The molecule has 28 heavy (non-hydrogen) atoms. The van der Waals surface area contributed by atoms with Crippen LogP contribution in [0.3, 0.4) is 0 Å². The van der Waals surface area contributed by atoms with Gasteiger partial charge in [-0.15, -0.1) is 0 Å². The molecule has 5 nitrogen and oxygen atoms in total. The van der Waals surface area contributed by atoms with Crippen molar-refractivity contribution in [2.45, 2.75) is 13.5 Å². The number of ketones is 1. The van der Waals surface area contributed by atoms with Gasteiger partial charge >= 0.3 is 6.03 Å². The minimum absolute atomic E-state index is 0.0572. The normalized spacial score (nSPS) is 10.2. The molecule has 0 bridgehead atoms. The number of Topliss-reactive ketones (excluding diaryl/α,β-unsaturated/α-hetero) is 1. The van der Waals surface area contributed by atoms with Crippen LogP contribution < -0.4 is 15.4 Å². The Kier molecular flexibility index (Phi) is 6.29. The minimum atomic E-state index is -0.393. The highest BCUT2D eigenvalue weighted by Gasteiger charge is 2.05. The number of rotatable bonds is 6. The second kappa shape index (κ2) is 9.06. The lowest BCUT2D eigenvalue weighted by Crippen LogP contribution is -2.19. The molecule has 0 radical (unpaired) electrons. The summed E-state index contributed by atoms with van der Waals surface area (Å²) in [5.41, 5.74) is 2.73. The van der Waals surface area contributed by atoms with E-state index < -0.39 is 6.03 Å². The molecule has 0 saturated heterocycles. The van der Waals surface area contributed by atoms with Crippen LogP contribution in [0.2, 0.25) is 5.02 Å². The van der Waals surface area contributed by atoms with Crippen molar-refractivity contribution in [3.05, 3.63) is 88.9 Å². The van der Waals surface area contributed by atoms with Gasteiger partial charge in [0.25, 0.3) is 0 Å². The summed E-state index contributed by atoms with van der Waals surface area (Å²) in [5, 5.41) is 6.13. The number of hydrogen-bond acceptors (Lipinski definition) is 3. The molecule has 0 atom stereocenters. The fourth-order valence-electron chi connectivity index (χ4n) is 2.49. The molecule has 0 aromatic heterocycles. The number of anilines is 2. The highest BCUT2D eigenvalue weighted by molar-refractivity contribution is 6.30. The van der Waals surface area contributed by atoms with E-state index in [9.17, 15) is 9.59 Å². The van der Waals surface area contributed by atoms with Gasteiger partial charge < -0.3 is 15.4 Å². The summed E-state index contributed by atoms with van der Waals surface area (Å²) < 4.78 is 5.72. The highest BCUT2D eigenvalue weighted by atomic mass is 35.5. The number of urea groups is 1. The second-order valence-corrected chi connectivity index (χ2v) is 6.59. The van der Waals surface area contributed by atoms with Crippen LogP contribution in [0.1, 0.15) is 22.8 Å². The first-order valence-electron chi connectivity index (χ1n) is 8.66. The molecule has 0 aliphatic heterocycles. The number of halogens is 1. The zero-order valence-corrected chi connectivity index (χ0v) is 16.0. The number of benzene rings is 3. The van der Waals surface area contributed by atoms with E-state index in [1.54, 1.807) is 48.5 Å². The van der Waals surface area contributed by atoms with Crippen molar-refractivity contribution < 1.29 is 14.3 Å². The van der Waals surface area contributed by atoms with E-state index in [2.05, 4.69) is 10.6 Å². The van der Waals surface area contributed by atoms with Crippen LogP contribution in [0.25, 0.3) is 0 Å². The number of carbonyl (C=O) groups excluding carboxylic acids is 2. The fraction of sp³-hybridized carbons (Fsp3) is 0.0909. The summed E-state index contributed by atoms with van der Waals surface area (Å²) in [5.74, 6) is 0.633. The summed E-state index contributed by atoms with van der Waals surface area (Å²) in [6, 6.07) is 20.9. The topological polar surface area (TPSA) is 67.4 Å². The van der Waals surface area contributed by atoms with Gasteiger partial charge in [-0.3, -0.25) is 4.79 Å². The number of amides is 2. The van der Waals surface area contributed by atoms with Gasteiger partial charge in [0.1, 0.15) is 12.4 Å². The number of hydrogen-bond donors (Lipinski definition) is 2. The van der Waals surface area contributed by atoms with E-state index in [1.165, 1.54) is 6.92 Å². The first-order chi connectivity index (χ1) is 13.5. The molecule has 2 amide bonds. The quantitative estimate of drug-likeness (QED) is 0.522. The van der Waals surface area contributed by atoms with Crippen molar-refractivity contribution in [1.29, 1.82) is 0 Å². The van der Waals surface area contributed by atoms with Gasteiger partial charge in [0.15, 0.2) is 5.78 Å². The average Bonchev–Trinajstić information content (AvgIpc) is 2.69. The lowest BCUT2D eigenvalue weighted by Gasteiger charge is -2.10. The predicted molar refractivity (Wildman–Crippen MR) is 111 cm³/mol. The SMILES string of the molecule is CC(=O)c1cccc(NC(=O)Nc2ccc(OCc3ccc(Cl)cc3)cc2)c1. The third-order valence-electron chi connectivity index (χ3n) is 3.96. The zero-order chi connectivity index (χ0) is 19.9. The first kappa shape index (κ1) is 19.5. The van der Waals surface area contributed by atoms with Crippen molar-refractivity contribution in [3.63, 3.8) is 0 Å². The standard InChI is InChI=1S/C22H19ClN2O3/c1-15(26)17-3-2-4-20(13-17)25-22(27)24-19-9-11-21(12-10-19)28-14-16-5-7-18(23)8-6-16/h2-13H,14H2,1H3,(H2,24,25,27). The molecule has 3 aromatic rings. The van der Waals surface area contributed by atoms with Crippen LogP contribution in [0.5, 0.6) is 5.75 Å². The van der Waals surface area contributed by atoms with Crippen molar-refractivity contribution in [3.8, 4) is 5.75 Å². The van der Waals surface area contributed by atoms with E-state index in [-0.39, 0.29) is 5.78 Å². The Morgan fingerprint density at radius 1 is 0.893 bits per heavy atom. The number of nitrogens with one attached hydrogen (secondary N) is 2. The monoisotopic (exact) mass is 394 g/mol. The third kappa shape index (κ3) is 5.59. The van der Waals surface area contributed by atoms with Crippen molar-refractivity contribution in [2.75, 3.05) is 10.6 Å². The summed E-state index contributed by atoms with van der Waals surface area (Å²) in [6.07, 6.45) is 0. The molecular formula is C22H19ClN2O3. The Labute approximate surface area is 168 Å². The maximum Gasteiger partial charge on any atom is 0.323 e. The molecule has 142 valence electrons. The maximum absolute atomic E-state index is 12.1. The van der Waals surface area contributed by atoms with E-state index in [1.807, 2.05) is 24.3 Å². The summed E-state index contributed by atoms with van der Waals surface area (Å²) in [7, 11) is 0. The molecule has 0 aliphatic carbocycles. The largest absolute Gasteiger partial charge is 0.489 e. The summed E-state index contributed by atoms with van der Waals surface area (Å²) in [4.78, 5) is 23.6. The van der Waals surface area contributed by atoms with Crippen LogP contribution in [-0.2, 0) is 6.61 Å². The molecule has 2 N–H and O–H groups in total. The minimum Gasteiger partial charge on any atom is -0.489 e. The van der Waals surface area contributed by atoms with Gasteiger partial charge in [-0.2, -0.15) is 0 Å². The van der Waals surface area contributed by atoms with Crippen molar-refractivity contribution in [2.24, 2.45) is 0 Å². The zero-order valence-electron chi connectivity index (χ0n) is 15.2. The summed E-state index contributed by atoms with van der Waals surface area (Å²) >= 11 is 5.86. The average molecular weight is 395 g/mol. The smallest absolute Gasteiger partial charge is 0.323 e. The molecule has 0 aliphatic rings. The van der Waals surface area contributed by atoms with Gasteiger partial charge in [-0.05, 0) is 61.0 Å². The third-order valence-corrected chi connectivity index (χ3v) is 4.21. The van der Waals surface area contributed by atoms with E-state index in [0.29, 0.717) is 34.3 Å². The molecule has 0 fully saturated rings. The number of carbonyl (C=O) groups is 2. The molecule has 6 heteroatoms. The Hall–Kier alpha value is -3.31. The van der Waals surface area contributed by atoms with Crippen LogP contribution >= 0.6 is 11.6 Å². The molecule has 0 heterocycles. The van der Waals surface area contributed by atoms with E-state index in [0.717, 1.165) is 5.56 Å². The number of ether oxygens (including phenoxy) is 1. The molecule has 0 spiro atoms. The summed E-state index contributed by atoms with van der Waals surface area (Å²) in [6.45, 7) is 1.91. The Bertz CT molecular complexity index is 970. The van der Waals surface area contributed by atoms with Gasteiger partial charge in [0, 0.05) is 22.0 Å². The molecule has 3 rings (SSSR count). The van der Waals surface area contributed by atoms with Gasteiger partial charge in [0.2, 0.25) is 0 Å². The van der Waals surface area contributed by atoms with Crippen LogP contribution in [-0.4, -0.2) is 11.8 Å². The van der Waals surface area contributed by atoms with E-state index >= 15 is 0 Å². The predicted octanol–water partition coefficient (Wildman–Crippen LogP) is 5.77. The lowest BCUT2D eigenvalue weighted by atomic mass is 10.1. The van der Waals surface area contributed by atoms with Crippen LogP contribution in [0, 0.1) is 0 Å². The Morgan fingerprint density at radius 3 is 2.25 bits per heavy atom. The van der Waals surface area contributed by atoms with Gasteiger partial charge in [-0.25, -0.2) is 4.79 Å². The van der Waals surface area contributed by atoms with Gasteiger partial charge in [0.05, 0.1) is 0 Å². The highest BCUT2D eigenvalue weighted by Crippen LogP contribution is 2.18. The van der Waals surface area contributed by atoms with Crippen LogP contribution in [0.4, 0.5) is 16.2 Å². The lowest BCUT2D eigenvalue weighted by molar-refractivity contribution is 0.101. The van der Waals surface area contributed by atoms with E-state index in [4.69, 9.17) is 16.3 Å². The molecule has 0 unspecified atom stereocenters.